The van der Waals surface area contributed by atoms with E-state index in [9.17, 15) is 5.11 Å². The fourth-order valence-electron chi connectivity index (χ4n) is 3.43. The molecule has 0 saturated heterocycles. The van der Waals surface area contributed by atoms with Gasteiger partial charge in [0.1, 0.15) is 19.0 Å². The summed E-state index contributed by atoms with van der Waals surface area (Å²) in [5.41, 5.74) is 1.40. The van der Waals surface area contributed by atoms with Crippen LogP contribution in [0.1, 0.15) is 22.1 Å². The third-order valence-electron chi connectivity index (χ3n) is 5.57. The number of aromatic nitrogens is 3. The zero-order valence-corrected chi connectivity index (χ0v) is 19.6. The van der Waals surface area contributed by atoms with E-state index in [1.807, 2.05) is 6.07 Å². The number of phenols is 1. The number of fused-ring (bicyclic) bond motifs is 1. The normalized spacial score (nSPS) is 14.5. The van der Waals surface area contributed by atoms with Crippen molar-refractivity contribution in [3.05, 3.63) is 42.7 Å². The quantitative estimate of drug-likeness (QED) is 0.447. The van der Waals surface area contributed by atoms with Gasteiger partial charge >= 0.3 is 0 Å². The van der Waals surface area contributed by atoms with E-state index < -0.39 is 0 Å². The summed E-state index contributed by atoms with van der Waals surface area (Å²) in [5.74, 6) is 2.46. The minimum Gasteiger partial charge on any atom is -0.504 e. The molecule has 5 rings (SSSR count). The van der Waals surface area contributed by atoms with Crippen molar-refractivity contribution < 1.29 is 22.2 Å². The van der Waals surface area contributed by atoms with Gasteiger partial charge in [-0.1, -0.05) is 6.42 Å². The van der Waals surface area contributed by atoms with Gasteiger partial charge in [0.2, 0.25) is 5.95 Å². The van der Waals surface area contributed by atoms with Crippen LogP contribution in [-0.4, -0.2) is 65.4 Å². The second-order valence-electron chi connectivity index (χ2n) is 8.17. The van der Waals surface area contributed by atoms with Crippen LogP contribution in [0.2, 0.25) is 0 Å². The predicted octanol–water partition coefficient (Wildman–Crippen LogP) is 4.44. The Morgan fingerprint density at radius 1 is 1.06 bits per heavy atom. The van der Waals surface area contributed by atoms with E-state index in [0.29, 0.717) is 48.0 Å². The first kappa shape index (κ1) is 23.4. The molecule has 0 unspecified atom stereocenters. The highest BCUT2D eigenvalue weighted by Gasteiger charge is 2.18. The van der Waals surface area contributed by atoms with Gasteiger partial charge in [-0.3, -0.25) is 0 Å². The molecule has 34 heavy (non-hydrogen) atoms. The lowest BCUT2D eigenvalue weighted by Crippen LogP contribution is -2.33. The van der Waals surface area contributed by atoms with Gasteiger partial charge in [-0.05, 0) is 45.1 Å². The summed E-state index contributed by atoms with van der Waals surface area (Å²) in [5, 5.41) is 15.9. The molecule has 0 spiro atoms. The van der Waals surface area contributed by atoms with Crippen molar-refractivity contribution in [2.24, 2.45) is 0 Å². The molecule has 2 aliphatic rings. The molecule has 2 aromatic heterocycles. The number of anilines is 4. The smallest absolute Gasteiger partial charge is 0.257 e. The minimum atomic E-state index is 0. The Kier molecular flexibility index (Phi) is 7.48. The standard InChI is InChI=1S/C18H17N5O4.C6H13N.2H2/c1-25-14-8-11(2-3-13(14)24)22-18-19-5-4-16(23-18)21-12-9-15-17(20-10-12)27-7-6-26-15;1-7(2)6-4-3-5-6;;/h2-5,8-10,24H,6-7H2,1H3,(H2,19,21,22,23);6H,3-5H2,1-2H3;2*1H. The molecule has 1 saturated carbocycles. The maximum atomic E-state index is 9.67. The Labute approximate surface area is 201 Å². The number of nitrogens with one attached hydrogen (secondary N) is 2. The van der Waals surface area contributed by atoms with Gasteiger partial charge < -0.3 is 34.9 Å². The molecule has 0 amide bonds. The highest BCUT2D eigenvalue weighted by Crippen LogP contribution is 2.32. The highest BCUT2D eigenvalue weighted by atomic mass is 16.6. The maximum Gasteiger partial charge on any atom is 0.257 e. The van der Waals surface area contributed by atoms with Crippen LogP contribution in [0, 0.1) is 0 Å². The number of hydrogen-bond donors (Lipinski definition) is 3. The van der Waals surface area contributed by atoms with Crippen molar-refractivity contribution >= 4 is 23.1 Å². The topological polar surface area (TPSA) is 114 Å². The summed E-state index contributed by atoms with van der Waals surface area (Å²) in [6.45, 7) is 0.992. The molecule has 184 valence electrons. The zero-order chi connectivity index (χ0) is 23.9. The van der Waals surface area contributed by atoms with Crippen molar-refractivity contribution in [1.29, 1.82) is 0 Å². The highest BCUT2D eigenvalue weighted by molar-refractivity contribution is 5.62. The van der Waals surface area contributed by atoms with Crippen LogP contribution in [0.5, 0.6) is 23.1 Å². The SMILES string of the molecule is CN(C)C1CCC1.COc1cc(Nc2nccc(Nc3cnc4c(c3)OCCO4)n2)ccc1O.[HH].[HH]. The summed E-state index contributed by atoms with van der Waals surface area (Å²) in [6.07, 6.45) is 7.57. The van der Waals surface area contributed by atoms with Gasteiger partial charge in [-0.15, -0.1) is 0 Å². The van der Waals surface area contributed by atoms with E-state index in [4.69, 9.17) is 14.2 Å². The van der Waals surface area contributed by atoms with Gasteiger partial charge in [-0.2, -0.15) is 4.98 Å². The molecule has 1 aromatic carbocycles. The summed E-state index contributed by atoms with van der Waals surface area (Å²) in [6, 6.07) is 9.35. The molecule has 3 aromatic rings. The van der Waals surface area contributed by atoms with Crippen LogP contribution < -0.4 is 24.8 Å². The Morgan fingerprint density at radius 2 is 1.88 bits per heavy atom. The number of rotatable bonds is 6. The van der Waals surface area contributed by atoms with Gasteiger partial charge in [-0.25, -0.2) is 9.97 Å². The first-order valence-electron chi connectivity index (χ1n) is 11.2. The molecule has 0 radical (unpaired) electrons. The Balaban J connectivity index is 0.000000441. The van der Waals surface area contributed by atoms with Crippen LogP contribution in [0.25, 0.3) is 0 Å². The second-order valence-corrected chi connectivity index (χ2v) is 8.17. The van der Waals surface area contributed by atoms with Crippen molar-refractivity contribution in [3.8, 4) is 23.1 Å². The van der Waals surface area contributed by atoms with Crippen molar-refractivity contribution in [2.75, 3.05) is 45.1 Å². The van der Waals surface area contributed by atoms with E-state index in [2.05, 4.69) is 44.6 Å². The number of methoxy groups -OCH3 is 1. The molecule has 0 atom stereocenters. The number of aromatic hydroxyl groups is 1. The maximum absolute atomic E-state index is 9.67. The van der Waals surface area contributed by atoms with Gasteiger partial charge in [0.15, 0.2) is 17.2 Å². The Morgan fingerprint density at radius 3 is 2.59 bits per heavy atom. The van der Waals surface area contributed by atoms with E-state index in [0.717, 1.165) is 11.7 Å². The average Bonchev–Trinajstić information content (AvgIpc) is 2.79. The third kappa shape index (κ3) is 5.96. The van der Waals surface area contributed by atoms with Crippen molar-refractivity contribution in [3.63, 3.8) is 0 Å². The first-order valence-corrected chi connectivity index (χ1v) is 11.2. The molecule has 10 heteroatoms. The molecular formula is C24H34N6O4. The van der Waals surface area contributed by atoms with E-state index in [1.165, 1.54) is 32.4 Å². The first-order chi connectivity index (χ1) is 16.5. The van der Waals surface area contributed by atoms with Crippen LogP contribution in [0.4, 0.5) is 23.1 Å². The molecule has 10 nitrogen and oxygen atoms in total. The van der Waals surface area contributed by atoms with E-state index in [1.54, 1.807) is 30.6 Å². The summed E-state index contributed by atoms with van der Waals surface area (Å²) < 4.78 is 16.0. The number of phenolic OH excluding ortho intramolecular Hbond substituents is 1. The molecule has 1 aliphatic carbocycles. The van der Waals surface area contributed by atoms with Crippen molar-refractivity contribution in [1.82, 2.24) is 19.9 Å². The number of nitrogens with zero attached hydrogens (tertiary/aromatic N) is 4. The fraction of sp³-hybridized carbons (Fsp3) is 0.375. The van der Waals surface area contributed by atoms with Crippen LogP contribution in [0.3, 0.4) is 0 Å². The lowest BCUT2D eigenvalue weighted by atomic mass is 9.92. The fourth-order valence-corrected chi connectivity index (χ4v) is 3.43. The summed E-state index contributed by atoms with van der Waals surface area (Å²) in [7, 11) is 5.80. The Bertz CT molecular complexity index is 1120. The number of pyridine rings is 1. The molecule has 1 fully saturated rings. The van der Waals surface area contributed by atoms with Gasteiger partial charge in [0.05, 0.1) is 19.0 Å². The van der Waals surface area contributed by atoms with Crippen molar-refractivity contribution in [2.45, 2.75) is 25.3 Å². The molecule has 1 aliphatic heterocycles. The van der Waals surface area contributed by atoms with Crippen LogP contribution in [0.15, 0.2) is 42.7 Å². The number of ether oxygens (including phenoxy) is 3. The van der Waals surface area contributed by atoms with E-state index in [-0.39, 0.29) is 8.60 Å². The molecule has 3 N–H and O–H groups in total. The monoisotopic (exact) mass is 470 g/mol. The molecule has 0 bridgehead atoms. The van der Waals surface area contributed by atoms with Gasteiger partial charge in [0, 0.05) is 32.9 Å². The molecule has 3 heterocycles. The largest absolute Gasteiger partial charge is 0.504 e. The summed E-state index contributed by atoms with van der Waals surface area (Å²) in [4.78, 5) is 15.2. The zero-order valence-electron chi connectivity index (χ0n) is 19.6. The Hall–Kier alpha value is -3.79. The second kappa shape index (κ2) is 10.9. The number of benzene rings is 1. The van der Waals surface area contributed by atoms with E-state index >= 15 is 0 Å². The molecular weight excluding hydrogens is 436 g/mol. The third-order valence-corrected chi connectivity index (χ3v) is 5.57. The number of hydrogen-bond acceptors (Lipinski definition) is 10. The van der Waals surface area contributed by atoms with Gasteiger partial charge in [0.25, 0.3) is 5.88 Å². The minimum absolute atomic E-state index is 0. The van der Waals surface area contributed by atoms with Crippen LogP contribution in [-0.2, 0) is 0 Å². The van der Waals surface area contributed by atoms with Crippen LogP contribution >= 0.6 is 0 Å². The lowest BCUT2D eigenvalue weighted by Gasteiger charge is -2.31. The lowest BCUT2D eigenvalue weighted by molar-refractivity contribution is 0.164. The summed E-state index contributed by atoms with van der Waals surface area (Å²) >= 11 is 0. The average molecular weight is 471 g/mol. The predicted molar refractivity (Wildman–Crippen MR) is 134 cm³/mol.